The molecule has 6 nitrogen and oxygen atoms in total. The third kappa shape index (κ3) is 4.58. The van der Waals surface area contributed by atoms with Gasteiger partial charge in [-0.2, -0.15) is 0 Å². The number of urea groups is 1. The molecule has 0 atom stereocenters. The fourth-order valence-corrected chi connectivity index (χ4v) is 3.91. The lowest BCUT2D eigenvalue weighted by Crippen LogP contribution is -2.43. The standard InChI is InChI=1S/C24H27FN4O2.ClH/c1-3-4-5-8-13-26-24(30)29-16-28-22(19-9-6-7-10-21(19)29)15-27-23(28)18-12-11-17(31-2)14-20(18)25;/h6-7,9-12,14-15H,3-5,8,13,16H2,1-2H3,(H,26,30);1H. The molecular weight excluding hydrogens is 431 g/mol. The lowest BCUT2D eigenvalue weighted by atomic mass is 10.1. The summed E-state index contributed by atoms with van der Waals surface area (Å²) in [6.45, 7) is 3.05. The minimum absolute atomic E-state index is 0. The van der Waals surface area contributed by atoms with Gasteiger partial charge in [-0.1, -0.05) is 44.4 Å². The predicted octanol–water partition coefficient (Wildman–Crippen LogP) is 5.85. The number of carbonyl (C=O) groups excluding carboxylic acids is 1. The number of carbonyl (C=O) groups is 1. The zero-order valence-electron chi connectivity index (χ0n) is 18.3. The van der Waals surface area contributed by atoms with Crippen LogP contribution in [-0.2, 0) is 6.67 Å². The van der Waals surface area contributed by atoms with Gasteiger partial charge in [0.25, 0.3) is 0 Å². The third-order valence-corrected chi connectivity index (χ3v) is 5.58. The van der Waals surface area contributed by atoms with Crippen LogP contribution < -0.4 is 15.0 Å². The summed E-state index contributed by atoms with van der Waals surface area (Å²) in [5.41, 5.74) is 2.93. The first-order valence-electron chi connectivity index (χ1n) is 10.7. The van der Waals surface area contributed by atoms with Crippen molar-refractivity contribution in [2.45, 2.75) is 39.3 Å². The number of ether oxygens (including phenoxy) is 1. The molecule has 2 heterocycles. The summed E-state index contributed by atoms with van der Waals surface area (Å²) in [7, 11) is 1.50. The van der Waals surface area contributed by atoms with E-state index in [1.165, 1.54) is 13.2 Å². The predicted molar refractivity (Wildman–Crippen MR) is 127 cm³/mol. The number of halogens is 2. The maximum absolute atomic E-state index is 14.8. The Balaban J connectivity index is 0.00000289. The van der Waals surface area contributed by atoms with E-state index < -0.39 is 5.82 Å². The lowest BCUT2D eigenvalue weighted by Gasteiger charge is -2.31. The Morgan fingerprint density at radius 3 is 2.72 bits per heavy atom. The van der Waals surface area contributed by atoms with Gasteiger partial charge < -0.3 is 14.6 Å². The van der Waals surface area contributed by atoms with Gasteiger partial charge in [0, 0.05) is 18.2 Å². The Morgan fingerprint density at radius 2 is 1.97 bits per heavy atom. The normalized spacial score (nSPS) is 11.9. The van der Waals surface area contributed by atoms with Crippen molar-refractivity contribution in [3.63, 3.8) is 0 Å². The molecule has 1 aliphatic rings. The highest BCUT2D eigenvalue weighted by molar-refractivity contribution is 5.97. The molecule has 0 unspecified atom stereocenters. The number of imidazole rings is 1. The van der Waals surface area contributed by atoms with Gasteiger partial charge in [0.15, 0.2) is 0 Å². The molecule has 0 saturated carbocycles. The second-order valence-electron chi connectivity index (χ2n) is 7.62. The molecule has 0 bridgehead atoms. The van der Waals surface area contributed by atoms with E-state index in [4.69, 9.17) is 4.74 Å². The van der Waals surface area contributed by atoms with Crippen LogP contribution >= 0.6 is 12.4 Å². The van der Waals surface area contributed by atoms with E-state index >= 15 is 0 Å². The molecule has 3 aromatic rings. The largest absolute Gasteiger partial charge is 0.497 e. The van der Waals surface area contributed by atoms with E-state index in [0.29, 0.717) is 23.7 Å². The number of unbranched alkanes of at least 4 members (excludes halogenated alkanes) is 3. The van der Waals surface area contributed by atoms with Gasteiger partial charge in [-0.15, -0.1) is 12.4 Å². The summed E-state index contributed by atoms with van der Waals surface area (Å²) >= 11 is 0. The van der Waals surface area contributed by atoms with Gasteiger partial charge in [-0.3, -0.25) is 4.90 Å². The molecule has 8 heteroatoms. The van der Waals surface area contributed by atoms with Gasteiger partial charge in [-0.05, 0) is 24.6 Å². The molecule has 0 aliphatic carbocycles. The first-order valence-corrected chi connectivity index (χ1v) is 10.7. The van der Waals surface area contributed by atoms with E-state index in [1.54, 1.807) is 23.2 Å². The minimum Gasteiger partial charge on any atom is -0.497 e. The lowest BCUT2D eigenvalue weighted by molar-refractivity contribution is 0.244. The molecule has 170 valence electrons. The third-order valence-electron chi connectivity index (χ3n) is 5.58. The van der Waals surface area contributed by atoms with Crippen molar-refractivity contribution in [1.29, 1.82) is 0 Å². The summed E-state index contributed by atoms with van der Waals surface area (Å²) in [5, 5.41) is 3.02. The van der Waals surface area contributed by atoms with Crippen molar-refractivity contribution in [3.05, 3.63) is 54.5 Å². The van der Waals surface area contributed by atoms with Crippen LogP contribution in [0.2, 0.25) is 0 Å². The fourth-order valence-electron chi connectivity index (χ4n) is 3.91. The maximum atomic E-state index is 14.8. The number of para-hydroxylation sites is 1. The number of nitrogens with zero attached hydrogens (tertiary/aromatic N) is 3. The summed E-state index contributed by atoms with van der Waals surface area (Å²) in [5.74, 6) is 0.505. The number of methoxy groups -OCH3 is 1. The summed E-state index contributed by atoms with van der Waals surface area (Å²) in [6.07, 6.45) is 6.10. The van der Waals surface area contributed by atoms with Crippen LogP contribution in [-0.4, -0.2) is 29.2 Å². The van der Waals surface area contributed by atoms with E-state index in [2.05, 4.69) is 17.2 Å². The Labute approximate surface area is 193 Å². The number of hydrogen-bond donors (Lipinski definition) is 1. The maximum Gasteiger partial charge on any atom is 0.323 e. The molecule has 0 fully saturated rings. The number of hydrogen-bond acceptors (Lipinski definition) is 3. The number of anilines is 1. The topological polar surface area (TPSA) is 59.4 Å². The van der Waals surface area contributed by atoms with Crippen LogP contribution in [0.3, 0.4) is 0 Å². The van der Waals surface area contributed by atoms with Gasteiger partial charge in [0.05, 0.1) is 30.3 Å². The molecule has 1 aromatic heterocycles. The Hall–Kier alpha value is -3.06. The van der Waals surface area contributed by atoms with Gasteiger partial charge in [-0.25, -0.2) is 14.2 Å². The summed E-state index contributed by atoms with van der Waals surface area (Å²) in [4.78, 5) is 19.2. The summed E-state index contributed by atoms with van der Waals surface area (Å²) in [6, 6.07) is 12.3. The molecule has 1 aliphatic heterocycles. The number of aromatic nitrogens is 2. The minimum atomic E-state index is -0.418. The molecule has 2 aromatic carbocycles. The van der Waals surface area contributed by atoms with Crippen molar-refractivity contribution in [3.8, 4) is 28.4 Å². The number of fused-ring (bicyclic) bond motifs is 3. The molecule has 0 radical (unpaired) electrons. The van der Waals surface area contributed by atoms with Crippen molar-refractivity contribution >= 4 is 24.1 Å². The van der Waals surface area contributed by atoms with Gasteiger partial charge in [0.2, 0.25) is 0 Å². The van der Waals surface area contributed by atoms with Crippen LogP contribution in [0.25, 0.3) is 22.6 Å². The summed E-state index contributed by atoms with van der Waals surface area (Å²) < 4.78 is 21.8. The second-order valence-corrected chi connectivity index (χ2v) is 7.62. The zero-order valence-corrected chi connectivity index (χ0v) is 19.1. The average molecular weight is 459 g/mol. The molecule has 0 saturated heterocycles. The molecule has 2 amide bonds. The monoisotopic (exact) mass is 458 g/mol. The molecule has 1 N–H and O–H groups in total. The highest BCUT2D eigenvalue weighted by atomic mass is 35.5. The Bertz CT molecular complexity index is 1090. The van der Waals surface area contributed by atoms with Gasteiger partial charge >= 0.3 is 6.03 Å². The van der Waals surface area contributed by atoms with Crippen LogP contribution in [0.5, 0.6) is 5.75 Å². The van der Waals surface area contributed by atoms with Crippen LogP contribution in [0.15, 0.2) is 48.7 Å². The van der Waals surface area contributed by atoms with Crippen molar-refractivity contribution in [2.75, 3.05) is 18.6 Å². The number of benzene rings is 2. The zero-order chi connectivity index (χ0) is 21.8. The number of amides is 2. The fraction of sp³-hybridized carbons (Fsp3) is 0.333. The second kappa shape index (κ2) is 10.5. The van der Waals surface area contributed by atoms with Crippen molar-refractivity contribution in [2.24, 2.45) is 0 Å². The first kappa shape index (κ1) is 23.6. The number of nitrogens with one attached hydrogen (secondary N) is 1. The molecule has 4 rings (SSSR count). The molecule has 0 spiro atoms. The van der Waals surface area contributed by atoms with Gasteiger partial charge in [0.1, 0.15) is 24.1 Å². The molecule has 32 heavy (non-hydrogen) atoms. The first-order chi connectivity index (χ1) is 15.1. The van der Waals surface area contributed by atoms with Crippen LogP contribution in [0.1, 0.15) is 32.6 Å². The average Bonchev–Trinajstić information content (AvgIpc) is 3.22. The van der Waals surface area contributed by atoms with E-state index in [-0.39, 0.29) is 25.1 Å². The smallest absolute Gasteiger partial charge is 0.323 e. The quantitative estimate of drug-likeness (QED) is 0.451. The van der Waals surface area contributed by atoms with Crippen LogP contribution in [0.4, 0.5) is 14.9 Å². The van der Waals surface area contributed by atoms with Crippen molar-refractivity contribution < 1.29 is 13.9 Å². The molecular formula is C24H28ClFN4O2. The Morgan fingerprint density at radius 1 is 1.16 bits per heavy atom. The van der Waals surface area contributed by atoms with E-state index in [9.17, 15) is 9.18 Å². The SMILES string of the molecule is CCCCCCNC(=O)N1Cn2c(cnc2-c2ccc(OC)cc2F)-c2ccccc21.Cl. The highest BCUT2D eigenvalue weighted by Crippen LogP contribution is 2.39. The Kier molecular flexibility index (Phi) is 7.75. The highest BCUT2D eigenvalue weighted by Gasteiger charge is 2.29. The number of rotatable bonds is 7. The van der Waals surface area contributed by atoms with E-state index in [0.717, 1.165) is 42.6 Å². The van der Waals surface area contributed by atoms with Crippen molar-refractivity contribution in [1.82, 2.24) is 14.9 Å². The van der Waals surface area contributed by atoms with E-state index in [1.807, 2.05) is 28.8 Å². The van der Waals surface area contributed by atoms with Crippen LogP contribution in [0, 0.1) is 5.82 Å².